The third-order valence-corrected chi connectivity index (χ3v) is 2.87. The summed E-state index contributed by atoms with van der Waals surface area (Å²) in [4.78, 5) is 0. The third kappa shape index (κ3) is 15.7. The number of hydrogen-bond acceptors (Lipinski definition) is 0. The Morgan fingerprint density at radius 3 is 1.50 bits per heavy atom. The van der Waals surface area contributed by atoms with Gasteiger partial charge in [0.15, 0.2) is 0 Å². The van der Waals surface area contributed by atoms with Gasteiger partial charge in [0.1, 0.15) is 0 Å². The second-order valence-electron chi connectivity index (χ2n) is 2.52. The van der Waals surface area contributed by atoms with Crippen molar-refractivity contribution in [2.24, 2.45) is 0 Å². The van der Waals surface area contributed by atoms with Crippen LogP contribution >= 0.6 is 0 Å². The molecule has 0 saturated carbocycles. The number of halogens is 1. The smallest absolute Gasteiger partial charge is 1.00 e. The van der Waals surface area contributed by atoms with Crippen molar-refractivity contribution in [1.29, 1.82) is 0 Å². The Morgan fingerprint density at radius 1 is 1.38 bits per heavy atom. The van der Waals surface area contributed by atoms with Crippen molar-refractivity contribution in [2.45, 2.75) is 26.1 Å². The quantitative estimate of drug-likeness (QED) is 0.331. The van der Waals surface area contributed by atoms with Gasteiger partial charge in [0.05, 0.1) is 0 Å². The fraction of sp³-hybridized carbons (Fsp3) is 0.800. The Balaban J connectivity index is -0.000000125. The molecule has 0 aliphatic rings. The van der Waals surface area contributed by atoms with Crippen LogP contribution in [-0.4, -0.2) is 31.1 Å². The second kappa shape index (κ2) is 6.39. The summed E-state index contributed by atoms with van der Waals surface area (Å²) < 4.78 is 0. The van der Waals surface area contributed by atoms with E-state index in [1.165, 1.54) is 6.04 Å². The van der Waals surface area contributed by atoms with Crippen molar-refractivity contribution in [3.63, 3.8) is 0 Å². The van der Waals surface area contributed by atoms with E-state index in [9.17, 15) is 0 Å². The molecule has 0 heterocycles. The van der Waals surface area contributed by atoms with Gasteiger partial charge in [-0.05, 0) is 0 Å². The van der Waals surface area contributed by atoms with Gasteiger partial charge in [0.2, 0.25) is 0 Å². The zero-order valence-corrected chi connectivity index (χ0v) is 9.17. The predicted octanol–water partition coefficient (Wildman–Crippen LogP) is -1.29. The minimum Gasteiger partial charge on any atom is -1.00 e. The molecular weight excluding hydrogens is 148 g/mol. The molecule has 0 fully saturated rings. The van der Waals surface area contributed by atoms with E-state index in [-0.39, 0.29) is 35.5 Å². The summed E-state index contributed by atoms with van der Waals surface area (Å²) in [5.74, 6) is 0. The van der Waals surface area contributed by atoms with Gasteiger partial charge in [0.25, 0.3) is 0 Å². The molecule has 0 nitrogen and oxygen atoms in total. The van der Waals surface area contributed by atoms with Crippen LogP contribution in [0.2, 0.25) is 19.1 Å². The van der Waals surface area contributed by atoms with Crippen LogP contribution in [0.15, 0.2) is 0 Å². The third-order valence-electron chi connectivity index (χ3n) is 0.957. The van der Waals surface area contributed by atoms with Crippen LogP contribution in [0.1, 0.15) is 6.92 Å². The molecule has 0 atom stereocenters. The topological polar surface area (TPSA) is 0 Å². The minimum absolute atomic E-state index is 0. The van der Waals surface area contributed by atoms with E-state index in [0.717, 1.165) is 0 Å². The Labute approximate surface area is 76.0 Å². The van der Waals surface area contributed by atoms with Crippen LogP contribution in [0.4, 0.5) is 0 Å². The van der Waals surface area contributed by atoms with Gasteiger partial charge >= 0.3 is 23.1 Å². The maximum Gasteiger partial charge on any atom is 2.00 e. The number of hydrogen-bond donors (Lipinski definition) is 0. The molecule has 0 radical (unpaired) electrons. The maximum atomic E-state index is 4.03. The molecule has 0 aromatic rings. The van der Waals surface area contributed by atoms with Gasteiger partial charge in [-0.2, -0.15) is 0 Å². The first-order chi connectivity index (χ1) is 2.56. The van der Waals surface area contributed by atoms with Gasteiger partial charge in [-0.15, -0.1) is 8.07 Å². The van der Waals surface area contributed by atoms with Crippen LogP contribution in [0.3, 0.4) is 0 Å². The van der Waals surface area contributed by atoms with E-state index in [0.29, 0.717) is 0 Å². The molecule has 0 spiro atoms. The molecule has 0 unspecified atom stereocenters. The molecule has 0 aromatic carbocycles. The molecule has 3 heteroatoms. The summed E-state index contributed by atoms with van der Waals surface area (Å²) >= 11 is 0. The first-order valence-electron chi connectivity index (χ1n) is 2.41. The molecule has 0 N–H and O–H groups in total. The molecule has 0 aliphatic carbocycles. The summed E-state index contributed by atoms with van der Waals surface area (Å²) in [6, 6.07) is 1.30. The van der Waals surface area contributed by atoms with Gasteiger partial charge in [-0.25, -0.2) is 0 Å². The van der Waals surface area contributed by atoms with Gasteiger partial charge in [-0.3, -0.25) is 0 Å². The van der Waals surface area contributed by atoms with Crippen LogP contribution in [0.25, 0.3) is 0 Å². The van der Waals surface area contributed by atoms with Crippen molar-refractivity contribution in [3.8, 4) is 0 Å². The van der Waals surface area contributed by atoms with Crippen LogP contribution in [-0.2, 0) is 0 Å². The van der Waals surface area contributed by atoms with E-state index < -0.39 is 8.07 Å². The maximum absolute atomic E-state index is 4.03. The van der Waals surface area contributed by atoms with E-state index in [4.69, 9.17) is 0 Å². The standard InChI is InChI=1S/C5H13Si.ClH.Mg/c1-5-6(2,3)4;;/h2,5H2,1,3-4H3;1H;/q-1;;+2/p-1. The predicted molar refractivity (Wildman–Crippen MR) is 39.1 cm³/mol. The Hall–Kier alpha value is 1.27. The number of rotatable bonds is 1. The van der Waals surface area contributed by atoms with Crippen LogP contribution in [0.5, 0.6) is 0 Å². The van der Waals surface area contributed by atoms with E-state index in [2.05, 4.69) is 26.6 Å². The normalized spacial score (nSPS) is 9.00. The summed E-state index contributed by atoms with van der Waals surface area (Å²) in [7, 11) is -0.881. The fourth-order valence-electron chi connectivity index (χ4n) is 0. The molecular formula is C5H13ClMgSi. The first kappa shape index (κ1) is 16.1. The molecule has 0 rings (SSSR count). The monoisotopic (exact) mass is 160 g/mol. The summed E-state index contributed by atoms with van der Waals surface area (Å²) in [6.07, 6.45) is 0. The SMILES string of the molecule is [CH2-][Si](C)(C)CC.[Cl-].[Mg+2]. The second-order valence-corrected chi connectivity index (χ2v) is 7.55. The molecule has 46 valence electrons. The average Bonchev–Trinajstić information content (AvgIpc) is 1.35. The molecule has 0 amide bonds. The molecule has 0 aliphatic heterocycles. The van der Waals surface area contributed by atoms with Gasteiger partial charge in [-0.1, -0.05) is 26.1 Å². The Morgan fingerprint density at radius 2 is 1.50 bits per heavy atom. The molecule has 0 bridgehead atoms. The summed E-state index contributed by atoms with van der Waals surface area (Å²) in [5.41, 5.74) is 0. The largest absolute Gasteiger partial charge is 2.00 e. The van der Waals surface area contributed by atoms with E-state index in [1.807, 2.05) is 0 Å². The summed E-state index contributed by atoms with van der Waals surface area (Å²) in [6.45, 7) is 10.8. The van der Waals surface area contributed by atoms with Gasteiger partial charge in [0, 0.05) is 0 Å². The minimum atomic E-state index is -0.881. The van der Waals surface area contributed by atoms with Crippen molar-refractivity contribution in [2.75, 3.05) is 0 Å². The fourth-order valence-corrected chi connectivity index (χ4v) is 0. The van der Waals surface area contributed by atoms with E-state index in [1.54, 1.807) is 0 Å². The van der Waals surface area contributed by atoms with Crippen LogP contribution in [0, 0.1) is 6.55 Å². The van der Waals surface area contributed by atoms with Gasteiger partial charge < -0.3 is 19.0 Å². The van der Waals surface area contributed by atoms with Crippen molar-refractivity contribution in [1.82, 2.24) is 0 Å². The van der Waals surface area contributed by atoms with Crippen molar-refractivity contribution in [3.05, 3.63) is 6.55 Å². The molecule has 0 saturated heterocycles. The zero-order chi connectivity index (χ0) is 5.21. The summed E-state index contributed by atoms with van der Waals surface area (Å²) in [5, 5.41) is 0. The zero-order valence-electron chi connectivity index (χ0n) is 6.00. The van der Waals surface area contributed by atoms with Crippen molar-refractivity contribution < 1.29 is 12.4 Å². The van der Waals surface area contributed by atoms with Crippen molar-refractivity contribution >= 4 is 31.1 Å². The Bertz CT molecular complexity index is 42.2. The molecule has 0 aromatic heterocycles. The average molecular weight is 161 g/mol. The van der Waals surface area contributed by atoms with Crippen LogP contribution < -0.4 is 12.4 Å². The first-order valence-corrected chi connectivity index (χ1v) is 5.83. The molecule has 8 heavy (non-hydrogen) atoms. The Kier molecular flexibility index (Phi) is 12.9. The van der Waals surface area contributed by atoms with E-state index >= 15 is 0 Å².